The Morgan fingerprint density at radius 1 is 1.18 bits per heavy atom. The molecule has 0 bridgehead atoms. The summed E-state index contributed by atoms with van der Waals surface area (Å²) in [5.74, 6) is 1.23. The second kappa shape index (κ2) is 9.44. The average Bonchev–Trinajstić information content (AvgIpc) is 3.43. The molecule has 2 aromatic heterocycles. The SMILES string of the molecule is CC(c1nnc(SCC(=O)N2CCc3[nH]c4ccccc4c3C2)n1-c1ccc(Cl)cc1)N(C)C. The van der Waals surface area contributed by atoms with E-state index in [9.17, 15) is 4.79 Å². The van der Waals surface area contributed by atoms with Crippen molar-refractivity contribution in [3.05, 3.63) is 70.6 Å². The molecule has 1 aliphatic heterocycles. The molecule has 0 radical (unpaired) electrons. The van der Waals surface area contributed by atoms with Crippen molar-refractivity contribution < 1.29 is 4.79 Å². The first-order valence-electron chi connectivity index (χ1n) is 11.3. The number of nitrogens with one attached hydrogen (secondary N) is 1. The molecule has 2 aromatic carbocycles. The molecule has 1 aliphatic rings. The van der Waals surface area contributed by atoms with E-state index in [1.54, 1.807) is 0 Å². The van der Waals surface area contributed by atoms with Crippen LogP contribution in [-0.2, 0) is 17.8 Å². The highest BCUT2D eigenvalue weighted by Gasteiger charge is 2.26. The minimum absolute atomic E-state index is 0.0515. The van der Waals surface area contributed by atoms with Crippen molar-refractivity contribution in [3.63, 3.8) is 0 Å². The number of hydrogen-bond acceptors (Lipinski definition) is 5. The molecular formula is C25H27ClN6OS. The summed E-state index contributed by atoms with van der Waals surface area (Å²) in [6.07, 6.45) is 0.839. The molecule has 34 heavy (non-hydrogen) atoms. The number of carbonyl (C=O) groups excluding carboxylic acids is 1. The van der Waals surface area contributed by atoms with Gasteiger partial charge in [-0.05, 0) is 51.4 Å². The Hall–Kier alpha value is -2.81. The molecule has 1 amide bonds. The maximum Gasteiger partial charge on any atom is 0.233 e. The highest BCUT2D eigenvalue weighted by molar-refractivity contribution is 7.99. The highest BCUT2D eigenvalue weighted by Crippen LogP contribution is 2.30. The van der Waals surface area contributed by atoms with Crippen LogP contribution in [0.3, 0.4) is 0 Å². The number of fused-ring (bicyclic) bond motifs is 3. The van der Waals surface area contributed by atoms with Gasteiger partial charge in [0.05, 0.1) is 11.8 Å². The first-order chi connectivity index (χ1) is 16.4. The first kappa shape index (κ1) is 23.0. The van der Waals surface area contributed by atoms with Crippen LogP contribution >= 0.6 is 23.4 Å². The van der Waals surface area contributed by atoms with Crippen molar-refractivity contribution >= 4 is 40.2 Å². The topological polar surface area (TPSA) is 70.0 Å². The van der Waals surface area contributed by atoms with E-state index in [4.69, 9.17) is 11.6 Å². The van der Waals surface area contributed by atoms with Crippen LogP contribution in [-0.4, -0.2) is 61.8 Å². The van der Waals surface area contributed by atoms with E-state index in [1.165, 1.54) is 28.4 Å². The fraction of sp³-hybridized carbons (Fsp3) is 0.320. The van der Waals surface area contributed by atoms with Gasteiger partial charge in [0.1, 0.15) is 0 Å². The van der Waals surface area contributed by atoms with E-state index in [0.29, 0.717) is 29.0 Å². The molecule has 4 aromatic rings. The lowest BCUT2D eigenvalue weighted by Gasteiger charge is -2.27. The monoisotopic (exact) mass is 494 g/mol. The summed E-state index contributed by atoms with van der Waals surface area (Å²) in [5.41, 5.74) is 4.53. The molecule has 1 unspecified atom stereocenters. The van der Waals surface area contributed by atoms with Gasteiger partial charge >= 0.3 is 0 Å². The number of carbonyl (C=O) groups is 1. The van der Waals surface area contributed by atoms with Gasteiger partial charge in [0, 0.05) is 52.4 Å². The van der Waals surface area contributed by atoms with Crippen molar-refractivity contribution in [2.24, 2.45) is 0 Å². The third-order valence-corrected chi connectivity index (χ3v) is 7.62. The normalized spacial score (nSPS) is 14.6. The van der Waals surface area contributed by atoms with Crippen molar-refractivity contribution in [1.29, 1.82) is 0 Å². The summed E-state index contributed by atoms with van der Waals surface area (Å²) in [6, 6.07) is 15.9. The maximum absolute atomic E-state index is 13.2. The number of nitrogens with zero attached hydrogens (tertiary/aromatic N) is 5. The third kappa shape index (κ3) is 4.33. The number of hydrogen-bond donors (Lipinski definition) is 1. The standard InChI is InChI=1S/C25H27ClN6OS/c1-16(30(2)3)24-28-29-25(32(24)18-10-8-17(26)9-11-18)34-15-23(33)31-13-12-22-20(14-31)19-6-4-5-7-21(19)27-22/h4-11,16,27H,12-15H2,1-3H3. The number of aromatic amines is 1. The van der Waals surface area contributed by atoms with Gasteiger partial charge in [-0.3, -0.25) is 14.3 Å². The second-order valence-electron chi connectivity index (χ2n) is 8.77. The third-order valence-electron chi connectivity index (χ3n) is 6.45. The smallest absolute Gasteiger partial charge is 0.233 e. The lowest BCUT2D eigenvalue weighted by atomic mass is 10.0. The van der Waals surface area contributed by atoms with E-state index in [2.05, 4.69) is 39.1 Å². The number of rotatable bonds is 6. The van der Waals surface area contributed by atoms with Crippen molar-refractivity contribution in [2.75, 3.05) is 26.4 Å². The van der Waals surface area contributed by atoms with Gasteiger partial charge in [-0.2, -0.15) is 0 Å². The van der Waals surface area contributed by atoms with E-state index < -0.39 is 0 Å². The van der Waals surface area contributed by atoms with Gasteiger partial charge in [-0.25, -0.2) is 0 Å². The molecule has 176 valence electrons. The summed E-state index contributed by atoms with van der Waals surface area (Å²) in [4.78, 5) is 20.7. The van der Waals surface area contributed by atoms with Gasteiger partial charge in [0.2, 0.25) is 5.91 Å². The van der Waals surface area contributed by atoms with Crippen LogP contribution in [0, 0.1) is 0 Å². The first-order valence-corrected chi connectivity index (χ1v) is 12.7. The Morgan fingerprint density at radius 3 is 2.71 bits per heavy atom. The number of H-pyrrole nitrogens is 1. The van der Waals surface area contributed by atoms with E-state index in [0.717, 1.165) is 23.4 Å². The Balaban J connectivity index is 1.36. The van der Waals surface area contributed by atoms with Crippen LogP contribution < -0.4 is 0 Å². The predicted octanol–water partition coefficient (Wildman–Crippen LogP) is 4.70. The predicted molar refractivity (Wildman–Crippen MR) is 137 cm³/mol. The lowest BCUT2D eigenvalue weighted by molar-refractivity contribution is -0.129. The van der Waals surface area contributed by atoms with Crippen LogP contribution in [0.5, 0.6) is 0 Å². The average molecular weight is 495 g/mol. The van der Waals surface area contributed by atoms with E-state index in [1.807, 2.05) is 60.0 Å². The number of amides is 1. The Labute approximate surface area is 208 Å². The molecule has 0 fully saturated rings. The summed E-state index contributed by atoms with van der Waals surface area (Å²) in [7, 11) is 4.02. The van der Waals surface area contributed by atoms with Crippen LogP contribution in [0.4, 0.5) is 0 Å². The number of aromatic nitrogens is 4. The van der Waals surface area contributed by atoms with E-state index in [-0.39, 0.29) is 11.9 Å². The largest absolute Gasteiger partial charge is 0.358 e. The Morgan fingerprint density at radius 2 is 1.94 bits per heavy atom. The lowest BCUT2D eigenvalue weighted by Crippen LogP contribution is -2.37. The van der Waals surface area contributed by atoms with Gasteiger partial charge in [0.25, 0.3) is 0 Å². The summed E-state index contributed by atoms with van der Waals surface area (Å²) >= 11 is 7.54. The molecule has 7 nitrogen and oxygen atoms in total. The fourth-order valence-corrected chi connectivity index (χ4v) is 5.29. The van der Waals surface area contributed by atoms with Crippen molar-refractivity contribution in [2.45, 2.75) is 31.1 Å². The zero-order valence-electron chi connectivity index (χ0n) is 19.5. The number of halogens is 1. The molecule has 0 spiro atoms. The van der Waals surface area contributed by atoms with Crippen molar-refractivity contribution in [1.82, 2.24) is 29.5 Å². The number of benzene rings is 2. The van der Waals surface area contributed by atoms with Gasteiger partial charge in [0.15, 0.2) is 11.0 Å². The maximum atomic E-state index is 13.2. The number of para-hydroxylation sites is 1. The zero-order valence-corrected chi connectivity index (χ0v) is 21.0. The van der Waals surface area contributed by atoms with Gasteiger partial charge in [-0.15, -0.1) is 10.2 Å². The van der Waals surface area contributed by atoms with Crippen LogP contribution in [0.15, 0.2) is 53.7 Å². The van der Waals surface area contributed by atoms with Crippen molar-refractivity contribution in [3.8, 4) is 5.69 Å². The van der Waals surface area contributed by atoms with Crippen LogP contribution in [0.2, 0.25) is 5.02 Å². The van der Waals surface area contributed by atoms with E-state index >= 15 is 0 Å². The summed E-state index contributed by atoms with van der Waals surface area (Å²) < 4.78 is 2.02. The molecule has 3 heterocycles. The molecule has 0 saturated carbocycles. The fourth-order valence-electron chi connectivity index (χ4n) is 4.31. The Bertz CT molecular complexity index is 1330. The minimum atomic E-state index is 0.0515. The van der Waals surface area contributed by atoms with Gasteiger partial charge in [-0.1, -0.05) is 41.6 Å². The molecule has 9 heteroatoms. The van der Waals surface area contributed by atoms with Crippen LogP contribution in [0.1, 0.15) is 30.0 Å². The molecular weight excluding hydrogens is 468 g/mol. The number of thioether (sulfide) groups is 1. The molecule has 0 saturated heterocycles. The van der Waals surface area contributed by atoms with Gasteiger partial charge < -0.3 is 9.88 Å². The molecule has 1 atom stereocenters. The Kier molecular flexibility index (Phi) is 6.38. The quantitative estimate of drug-likeness (QED) is 0.393. The summed E-state index contributed by atoms with van der Waals surface area (Å²) in [6.45, 7) is 3.43. The van der Waals surface area contributed by atoms with Crippen LogP contribution in [0.25, 0.3) is 16.6 Å². The molecule has 5 rings (SSSR count). The zero-order chi connectivity index (χ0) is 23.8. The summed E-state index contributed by atoms with van der Waals surface area (Å²) in [5, 5.41) is 11.5. The molecule has 0 aliphatic carbocycles. The molecule has 1 N–H and O–H groups in total. The highest BCUT2D eigenvalue weighted by atomic mass is 35.5. The minimum Gasteiger partial charge on any atom is -0.358 e. The second-order valence-corrected chi connectivity index (χ2v) is 10.2.